The molecule has 1 aliphatic rings. The van der Waals surface area contributed by atoms with Gasteiger partial charge in [0.1, 0.15) is 0 Å². The van der Waals surface area contributed by atoms with Gasteiger partial charge in [-0.3, -0.25) is 5.10 Å². The molecule has 108 valence electrons. The Labute approximate surface area is 113 Å². The number of aromatic nitrogens is 2. The highest BCUT2D eigenvalue weighted by Crippen LogP contribution is 2.24. The minimum absolute atomic E-state index is 0.0456. The topological polar surface area (TPSA) is 101 Å². The maximum atomic E-state index is 12.6. The lowest BCUT2D eigenvalue weighted by Gasteiger charge is -2.30. The molecule has 0 aromatic carbocycles. The first-order valence-corrected chi connectivity index (χ1v) is 7.71. The van der Waals surface area contributed by atoms with Gasteiger partial charge in [-0.25, -0.2) is 8.42 Å². The molecule has 0 bridgehead atoms. The van der Waals surface area contributed by atoms with E-state index in [0.29, 0.717) is 24.3 Å². The zero-order valence-corrected chi connectivity index (χ0v) is 12.0. The number of nitrogens with two attached hydrogens (primary N) is 1. The summed E-state index contributed by atoms with van der Waals surface area (Å²) in [7, 11) is -1.99. The van der Waals surface area contributed by atoms with Crippen molar-refractivity contribution in [2.45, 2.75) is 37.4 Å². The summed E-state index contributed by atoms with van der Waals surface area (Å²) >= 11 is 0. The van der Waals surface area contributed by atoms with Crippen molar-refractivity contribution in [2.24, 2.45) is 5.73 Å². The molecule has 1 fully saturated rings. The summed E-state index contributed by atoms with van der Waals surface area (Å²) in [6.07, 6.45) is 1.62. The average Bonchev–Trinajstić information content (AvgIpc) is 2.80. The van der Waals surface area contributed by atoms with Crippen LogP contribution in [-0.4, -0.2) is 49.2 Å². The van der Waals surface area contributed by atoms with Gasteiger partial charge < -0.3 is 10.5 Å². The summed E-state index contributed by atoms with van der Waals surface area (Å²) in [5.74, 6) is 0. The summed E-state index contributed by atoms with van der Waals surface area (Å²) in [6.45, 7) is 2.79. The van der Waals surface area contributed by atoms with Gasteiger partial charge in [-0.1, -0.05) is 0 Å². The summed E-state index contributed by atoms with van der Waals surface area (Å²) in [5.41, 5.74) is 6.86. The third-order valence-electron chi connectivity index (χ3n) is 3.50. The maximum absolute atomic E-state index is 12.6. The number of rotatable bonds is 4. The van der Waals surface area contributed by atoms with E-state index in [1.807, 2.05) is 0 Å². The Balaban J connectivity index is 2.31. The van der Waals surface area contributed by atoms with Gasteiger partial charge in [0.25, 0.3) is 10.0 Å². The Morgan fingerprint density at radius 2 is 2.32 bits per heavy atom. The van der Waals surface area contributed by atoms with Crippen LogP contribution >= 0.6 is 0 Å². The second-order valence-corrected chi connectivity index (χ2v) is 6.55. The van der Waals surface area contributed by atoms with Crippen LogP contribution < -0.4 is 5.73 Å². The Morgan fingerprint density at radius 1 is 1.58 bits per heavy atom. The van der Waals surface area contributed by atoms with Crippen LogP contribution in [0.25, 0.3) is 0 Å². The Hall–Kier alpha value is -0.960. The van der Waals surface area contributed by atoms with Crippen molar-refractivity contribution < 1.29 is 13.2 Å². The predicted octanol–water partition coefficient (Wildman–Crippen LogP) is -0.0237. The lowest BCUT2D eigenvalue weighted by Crippen LogP contribution is -2.43. The first-order valence-electron chi connectivity index (χ1n) is 6.27. The largest absolute Gasteiger partial charge is 0.380 e. The fraction of sp³-hybridized carbons (Fsp3) is 0.727. The van der Waals surface area contributed by atoms with Crippen molar-refractivity contribution in [3.05, 3.63) is 11.3 Å². The van der Waals surface area contributed by atoms with Crippen LogP contribution in [0.15, 0.2) is 5.03 Å². The van der Waals surface area contributed by atoms with Gasteiger partial charge in [-0.15, -0.1) is 0 Å². The second-order valence-electron chi connectivity index (χ2n) is 4.70. The van der Waals surface area contributed by atoms with Crippen molar-refractivity contribution >= 4 is 10.0 Å². The van der Waals surface area contributed by atoms with Gasteiger partial charge in [-0.2, -0.15) is 9.40 Å². The van der Waals surface area contributed by atoms with E-state index < -0.39 is 10.0 Å². The van der Waals surface area contributed by atoms with Crippen LogP contribution in [0.3, 0.4) is 0 Å². The molecule has 1 unspecified atom stereocenters. The zero-order chi connectivity index (χ0) is 14.0. The van der Waals surface area contributed by atoms with E-state index in [-0.39, 0.29) is 17.7 Å². The molecular formula is C11H20N4O3S. The highest BCUT2D eigenvalue weighted by Gasteiger charge is 2.33. The Kier molecular flexibility index (Phi) is 4.24. The molecule has 1 aliphatic heterocycles. The van der Waals surface area contributed by atoms with Gasteiger partial charge in [-0.05, 0) is 19.8 Å². The van der Waals surface area contributed by atoms with Gasteiger partial charge in [0, 0.05) is 38.0 Å². The van der Waals surface area contributed by atoms with Gasteiger partial charge in [0.05, 0.1) is 6.10 Å². The summed E-state index contributed by atoms with van der Waals surface area (Å²) in [4.78, 5) is 0. The van der Waals surface area contributed by atoms with Gasteiger partial charge in [0.15, 0.2) is 5.03 Å². The minimum Gasteiger partial charge on any atom is -0.380 e. The average molecular weight is 288 g/mol. The molecule has 2 heterocycles. The van der Waals surface area contributed by atoms with E-state index >= 15 is 0 Å². The van der Waals surface area contributed by atoms with Crippen LogP contribution in [0.2, 0.25) is 0 Å². The third kappa shape index (κ3) is 2.66. The van der Waals surface area contributed by atoms with Crippen LogP contribution in [-0.2, 0) is 21.3 Å². The van der Waals surface area contributed by atoms with Crippen molar-refractivity contribution in [1.29, 1.82) is 0 Å². The quantitative estimate of drug-likeness (QED) is 0.810. The molecule has 0 saturated carbocycles. The van der Waals surface area contributed by atoms with Crippen LogP contribution in [0.4, 0.5) is 0 Å². The number of nitrogens with one attached hydrogen (secondary N) is 1. The number of methoxy groups -OCH3 is 1. The van der Waals surface area contributed by atoms with E-state index in [9.17, 15) is 8.42 Å². The summed E-state index contributed by atoms with van der Waals surface area (Å²) < 4.78 is 31.8. The first kappa shape index (κ1) is 14.4. The third-order valence-corrected chi connectivity index (χ3v) is 5.34. The van der Waals surface area contributed by atoms with Crippen LogP contribution in [0.5, 0.6) is 0 Å². The molecule has 1 saturated heterocycles. The SMILES string of the molecule is COC1CCCN(S(=O)(=O)c2n[nH]c(C)c2CN)C1. The smallest absolute Gasteiger partial charge is 0.262 e. The normalized spacial score (nSPS) is 21.7. The van der Waals surface area contributed by atoms with Gasteiger partial charge in [0.2, 0.25) is 0 Å². The Morgan fingerprint density at radius 3 is 2.95 bits per heavy atom. The molecule has 0 radical (unpaired) electrons. The van der Waals surface area contributed by atoms with Crippen molar-refractivity contribution in [2.75, 3.05) is 20.2 Å². The molecule has 8 heteroatoms. The van der Waals surface area contributed by atoms with Crippen molar-refractivity contribution in [1.82, 2.24) is 14.5 Å². The maximum Gasteiger partial charge on any atom is 0.262 e. The second kappa shape index (κ2) is 5.58. The number of hydrogen-bond donors (Lipinski definition) is 2. The molecule has 19 heavy (non-hydrogen) atoms. The number of piperidine rings is 1. The van der Waals surface area contributed by atoms with E-state index in [1.165, 1.54) is 4.31 Å². The number of ether oxygens (including phenoxy) is 1. The summed E-state index contributed by atoms with van der Waals surface area (Å²) in [5, 5.41) is 6.65. The molecule has 0 amide bonds. The molecular weight excluding hydrogens is 268 g/mol. The highest BCUT2D eigenvalue weighted by molar-refractivity contribution is 7.89. The molecule has 0 spiro atoms. The Bertz CT molecular complexity index is 540. The lowest BCUT2D eigenvalue weighted by atomic mass is 10.1. The molecule has 3 N–H and O–H groups in total. The number of nitrogens with zero attached hydrogens (tertiary/aromatic N) is 2. The number of aryl methyl sites for hydroxylation is 1. The zero-order valence-electron chi connectivity index (χ0n) is 11.2. The van der Waals surface area contributed by atoms with E-state index in [4.69, 9.17) is 10.5 Å². The van der Waals surface area contributed by atoms with Crippen LogP contribution in [0.1, 0.15) is 24.1 Å². The van der Waals surface area contributed by atoms with Gasteiger partial charge >= 0.3 is 0 Å². The van der Waals surface area contributed by atoms with E-state index in [0.717, 1.165) is 12.8 Å². The highest BCUT2D eigenvalue weighted by atomic mass is 32.2. The van der Waals surface area contributed by atoms with Crippen LogP contribution in [0, 0.1) is 6.92 Å². The fourth-order valence-electron chi connectivity index (χ4n) is 2.32. The molecule has 0 aliphatic carbocycles. The standard InChI is InChI=1S/C11H20N4O3S/c1-8-10(6-12)11(14-13-8)19(16,17)15-5-3-4-9(7-15)18-2/h9H,3-7,12H2,1-2H3,(H,13,14). The first-order chi connectivity index (χ1) is 9.00. The number of H-pyrrole nitrogens is 1. The monoisotopic (exact) mass is 288 g/mol. The lowest BCUT2D eigenvalue weighted by molar-refractivity contribution is 0.0571. The number of hydrogen-bond acceptors (Lipinski definition) is 5. The van der Waals surface area contributed by atoms with Crippen molar-refractivity contribution in [3.63, 3.8) is 0 Å². The minimum atomic E-state index is -3.60. The van der Waals surface area contributed by atoms with E-state index in [1.54, 1.807) is 14.0 Å². The molecule has 2 rings (SSSR count). The molecule has 1 aromatic rings. The number of sulfonamides is 1. The number of aromatic amines is 1. The van der Waals surface area contributed by atoms with E-state index in [2.05, 4.69) is 10.2 Å². The fourth-order valence-corrected chi connectivity index (χ4v) is 4.01. The molecule has 1 atom stereocenters. The molecule has 7 nitrogen and oxygen atoms in total. The van der Waals surface area contributed by atoms with Crippen molar-refractivity contribution in [3.8, 4) is 0 Å². The predicted molar refractivity (Wildman–Crippen MR) is 70.0 cm³/mol. The molecule has 1 aromatic heterocycles. The summed E-state index contributed by atoms with van der Waals surface area (Å²) in [6, 6.07) is 0.